The number of halogens is 1. The average Bonchev–Trinajstić information content (AvgIpc) is 2.78. The summed E-state index contributed by atoms with van der Waals surface area (Å²) in [4.78, 5) is 4.56. The van der Waals surface area contributed by atoms with Gasteiger partial charge in [0.2, 0.25) is 0 Å². The molecule has 5 heteroatoms. The lowest BCUT2D eigenvalue weighted by Gasteiger charge is -2.06. The summed E-state index contributed by atoms with van der Waals surface area (Å²) in [7, 11) is 1.68. The van der Waals surface area contributed by atoms with Gasteiger partial charge in [-0.2, -0.15) is 0 Å². The molecule has 88 valence electrons. The molecule has 0 radical (unpaired) electrons. The topological polar surface area (TPSA) is 33.6 Å². The van der Waals surface area contributed by atoms with E-state index >= 15 is 0 Å². The summed E-state index contributed by atoms with van der Waals surface area (Å²) in [5, 5.41) is 4.29. The van der Waals surface area contributed by atoms with Crippen molar-refractivity contribution in [1.82, 2.24) is 5.32 Å². The van der Waals surface area contributed by atoms with E-state index in [-0.39, 0.29) is 30.0 Å². The van der Waals surface area contributed by atoms with Gasteiger partial charge in [-0.25, -0.2) is 0 Å². The molecule has 1 aromatic carbocycles. The van der Waals surface area contributed by atoms with Gasteiger partial charge in [-0.15, -0.1) is 24.0 Å². The lowest BCUT2D eigenvalue weighted by atomic mass is 10.1. The summed E-state index contributed by atoms with van der Waals surface area (Å²) in [6.07, 6.45) is 2.03. The molecule has 0 fully saturated rings. The fourth-order valence-electron chi connectivity index (χ4n) is 1.56. The van der Waals surface area contributed by atoms with Gasteiger partial charge in [-0.05, 0) is 24.0 Å². The van der Waals surface area contributed by atoms with Crippen molar-refractivity contribution in [2.45, 2.75) is 6.04 Å². The number of methoxy groups -OCH3 is 1. The van der Waals surface area contributed by atoms with E-state index in [1.807, 2.05) is 18.4 Å². The van der Waals surface area contributed by atoms with Crippen molar-refractivity contribution >= 4 is 40.9 Å². The number of nitrogens with zero attached hydrogens (tertiary/aromatic N) is 1. The Morgan fingerprint density at radius 3 is 2.56 bits per heavy atom. The molecule has 1 aliphatic heterocycles. The van der Waals surface area contributed by atoms with Gasteiger partial charge < -0.3 is 10.1 Å². The number of aliphatic imine (C=N–C) groups is 1. The third kappa shape index (κ3) is 3.04. The van der Waals surface area contributed by atoms with Crippen molar-refractivity contribution in [3.8, 4) is 5.75 Å². The van der Waals surface area contributed by atoms with Crippen LogP contribution in [0.1, 0.15) is 11.6 Å². The molecule has 1 aliphatic rings. The van der Waals surface area contributed by atoms with E-state index in [0.717, 1.165) is 17.5 Å². The summed E-state index contributed by atoms with van der Waals surface area (Å²) in [5.41, 5.74) is 1.23. The van der Waals surface area contributed by atoms with Gasteiger partial charge in [0, 0.05) is 6.54 Å². The second-order valence-corrected chi connectivity index (χ2v) is 4.10. The van der Waals surface area contributed by atoms with Crippen LogP contribution in [0.15, 0.2) is 29.3 Å². The molecular weight excluding hydrogens is 335 g/mol. The Morgan fingerprint density at radius 2 is 2.06 bits per heavy atom. The number of amidine groups is 1. The predicted molar refractivity (Wildman–Crippen MR) is 80.1 cm³/mol. The van der Waals surface area contributed by atoms with Crippen LogP contribution in [0.25, 0.3) is 0 Å². The smallest absolute Gasteiger partial charge is 0.157 e. The van der Waals surface area contributed by atoms with Gasteiger partial charge in [0.15, 0.2) is 5.17 Å². The van der Waals surface area contributed by atoms with Crippen LogP contribution in [-0.4, -0.2) is 25.1 Å². The first-order valence-corrected chi connectivity index (χ1v) is 6.05. The molecule has 1 heterocycles. The van der Waals surface area contributed by atoms with E-state index in [1.165, 1.54) is 5.56 Å². The van der Waals surface area contributed by atoms with E-state index in [1.54, 1.807) is 18.9 Å². The fraction of sp³-hybridized carbons (Fsp3) is 0.364. The van der Waals surface area contributed by atoms with Gasteiger partial charge in [0.05, 0.1) is 13.2 Å². The first-order chi connectivity index (χ1) is 7.33. The maximum absolute atomic E-state index is 5.12. The maximum atomic E-state index is 5.12. The largest absolute Gasteiger partial charge is 0.497 e. The molecule has 0 aliphatic carbocycles. The van der Waals surface area contributed by atoms with Crippen LogP contribution in [0.4, 0.5) is 0 Å². The Balaban J connectivity index is 0.00000128. The minimum absolute atomic E-state index is 0. The Bertz CT molecular complexity index is 367. The highest BCUT2D eigenvalue weighted by Gasteiger charge is 2.17. The van der Waals surface area contributed by atoms with Crippen LogP contribution in [0.2, 0.25) is 0 Å². The number of ether oxygens (including phenoxy) is 1. The minimum Gasteiger partial charge on any atom is -0.497 e. The second-order valence-electron chi connectivity index (χ2n) is 3.31. The van der Waals surface area contributed by atoms with Crippen LogP contribution in [0.3, 0.4) is 0 Å². The standard InChI is InChI=1S/C11H14N2OS.HI/c1-14-9-5-3-8(4-6-9)10-7-12-11(13-10)15-2;/h3-6,10H,7H2,1-2H3,(H,12,13);1H. The second kappa shape index (κ2) is 6.34. The highest BCUT2D eigenvalue weighted by Crippen LogP contribution is 2.24. The molecule has 1 unspecified atom stereocenters. The molecule has 1 N–H and O–H groups in total. The summed E-state index contributed by atoms with van der Waals surface area (Å²) in [5.74, 6) is 0.888. The molecular formula is C11H15IN2OS. The molecule has 16 heavy (non-hydrogen) atoms. The summed E-state index contributed by atoms with van der Waals surface area (Å²) in [6, 6.07) is 8.33. The molecule has 0 saturated heterocycles. The van der Waals surface area contributed by atoms with E-state index in [4.69, 9.17) is 4.74 Å². The van der Waals surface area contributed by atoms with Crippen molar-refractivity contribution in [2.24, 2.45) is 4.99 Å². The molecule has 0 bridgehead atoms. The van der Waals surface area contributed by atoms with Crippen LogP contribution in [0.5, 0.6) is 5.75 Å². The van der Waals surface area contributed by atoms with Crippen LogP contribution in [0, 0.1) is 0 Å². The summed E-state index contributed by atoms with van der Waals surface area (Å²) >= 11 is 1.65. The highest BCUT2D eigenvalue weighted by atomic mass is 127. The summed E-state index contributed by atoms with van der Waals surface area (Å²) < 4.78 is 5.12. The lowest BCUT2D eigenvalue weighted by molar-refractivity contribution is 0.414. The number of thioether (sulfide) groups is 1. The van der Waals surface area contributed by atoms with E-state index in [2.05, 4.69) is 22.4 Å². The van der Waals surface area contributed by atoms with Crippen LogP contribution in [-0.2, 0) is 0 Å². The summed E-state index contributed by atoms with van der Waals surface area (Å²) in [6.45, 7) is 0.891. The first-order valence-electron chi connectivity index (χ1n) is 4.83. The van der Waals surface area contributed by atoms with Crippen LogP contribution < -0.4 is 10.1 Å². The molecule has 0 amide bonds. The van der Waals surface area contributed by atoms with Gasteiger partial charge >= 0.3 is 0 Å². The zero-order valence-electron chi connectivity index (χ0n) is 9.27. The van der Waals surface area contributed by atoms with Crippen molar-refractivity contribution in [3.63, 3.8) is 0 Å². The molecule has 1 aromatic rings. The number of hydrogen-bond acceptors (Lipinski definition) is 4. The minimum atomic E-state index is 0. The monoisotopic (exact) mass is 350 g/mol. The van der Waals surface area contributed by atoms with Gasteiger partial charge in [-0.1, -0.05) is 23.9 Å². The van der Waals surface area contributed by atoms with E-state index in [0.29, 0.717) is 0 Å². The van der Waals surface area contributed by atoms with Gasteiger partial charge in [0.25, 0.3) is 0 Å². The van der Waals surface area contributed by atoms with Gasteiger partial charge in [-0.3, -0.25) is 4.99 Å². The Labute approximate surface area is 117 Å². The Morgan fingerprint density at radius 1 is 1.38 bits per heavy atom. The zero-order chi connectivity index (χ0) is 10.7. The maximum Gasteiger partial charge on any atom is 0.157 e. The lowest BCUT2D eigenvalue weighted by Crippen LogP contribution is -2.15. The van der Waals surface area contributed by atoms with Crippen molar-refractivity contribution < 1.29 is 4.74 Å². The zero-order valence-corrected chi connectivity index (χ0v) is 12.4. The third-order valence-corrected chi connectivity index (χ3v) is 3.05. The van der Waals surface area contributed by atoms with Gasteiger partial charge in [0.1, 0.15) is 5.75 Å². The van der Waals surface area contributed by atoms with Crippen molar-refractivity contribution in [1.29, 1.82) is 0 Å². The number of nitrogens with one attached hydrogen (secondary N) is 1. The molecule has 2 rings (SSSR count). The molecule has 0 saturated carbocycles. The number of hydrogen-bond donors (Lipinski definition) is 1. The third-order valence-electron chi connectivity index (χ3n) is 2.41. The van der Waals surface area contributed by atoms with E-state index in [9.17, 15) is 0 Å². The van der Waals surface area contributed by atoms with Crippen LogP contribution >= 0.6 is 35.7 Å². The SMILES string of the molecule is COc1ccc(C2CNC(SC)=N2)cc1.I. The average molecular weight is 350 g/mol. The Hall–Kier alpha value is -0.430. The predicted octanol–water partition coefficient (Wildman–Crippen LogP) is 2.68. The number of benzene rings is 1. The molecule has 1 atom stereocenters. The fourth-order valence-corrected chi connectivity index (χ4v) is 2.02. The Kier molecular flexibility index (Phi) is 5.40. The number of rotatable bonds is 2. The quantitative estimate of drug-likeness (QED) is 0.833. The van der Waals surface area contributed by atoms with Crippen molar-refractivity contribution in [2.75, 3.05) is 19.9 Å². The van der Waals surface area contributed by atoms with Crippen molar-refractivity contribution in [3.05, 3.63) is 29.8 Å². The normalized spacial score (nSPS) is 18.4. The molecule has 3 nitrogen and oxygen atoms in total. The first kappa shape index (κ1) is 13.6. The molecule has 0 spiro atoms. The molecule has 0 aromatic heterocycles. The van der Waals surface area contributed by atoms with E-state index < -0.39 is 0 Å². The highest BCUT2D eigenvalue weighted by molar-refractivity contribution is 14.0.